The number of carbonyl (C=O) groups excluding carboxylic acids is 1. The summed E-state index contributed by atoms with van der Waals surface area (Å²) in [7, 11) is 0. The van der Waals surface area contributed by atoms with E-state index in [4.69, 9.17) is 0 Å². The van der Waals surface area contributed by atoms with E-state index in [0.29, 0.717) is 12.6 Å². The summed E-state index contributed by atoms with van der Waals surface area (Å²) in [6.07, 6.45) is 5.70. The van der Waals surface area contributed by atoms with Crippen molar-refractivity contribution in [2.45, 2.75) is 51.1 Å². The van der Waals surface area contributed by atoms with Crippen LogP contribution in [0.25, 0.3) is 0 Å². The number of rotatable bonds is 5. The largest absolute Gasteiger partial charge is 0.395 e. The van der Waals surface area contributed by atoms with Crippen LogP contribution in [0.15, 0.2) is 0 Å². The lowest BCUT2D eigenvalue weighted by Gasteiger charge is -2.35. The summed E-state index contributed by atoms with van der Waals surface area (Å²) < 4.78 is 0. The Morgan fingerprint density at radius 3 is 2.71 bits per heavy atom. The van der Waals surface area contributed by atoms with E-state index in [0.717, 1.165) is 25.9 Å². The van der Waals surface area contributed by atoms with Crippen LogP contribution < -0.4 is 0 Å². The Bertz CT molecular complexity index is 266. The number of piperidine rings is 1. The molecule has 1 amide bonds. The van der Waals surface area contributed by atoms with Crippen molar-refractivity contribution in [3.8, 4) is 0 Å². The third kappa shape index (κ3) is 3.19. The minimum atomic E-state index is 0.183. The summed E-state index contributed by atoms with van der Waals surface area (Å²) in [4.78, 5) is 16.4. The summed E-state index contributed by atoms with van der Waals surface area (Å²) in [5.41, 5.74) is 0. The average Bonchev–Trinajstić information content (AvgIpc) is 3.15. The number of nitrogens with zero attached hydrogens (tertiary/aromatic N) is 2. The molecule has 0 aromatic carbocycles. The molecule has 0 radical (unpaired) electrons. The van der Waals surface area contributed by atoms with Gasteiger partial charge in [0.05, 0.1) is 13.2 Å². The monoisotopic (exact) mass is 240 g/mol. The number of carbonyl (C=O) groups is 1. The van der Waals surface area contributed by atoms with Crippen LogP contribution >= 0.6 is 0 Å². The SMILES string of the molecule is CCN(C(=O)CN1CCCCC1CO)C1CC1. The highest BCUT2D eigenvalue weighted by atomic mass is 16.3. The molecule has 4 nitrogen and oxygen atoms in total. The summed E-state index contributed by atoms with van der Waals surface area (Å²) >= 11 is 0. The highest BCUT2D eigenvalue weighted by molar-refractivity contribution is 5.79. The second-order valence-electron chi connectivity index (χ2n) is 5.21. The lowest BCUT2D eigenvalue weighted by molar-refractivity contribution is -0.134. The molecule has 1 unspecified atom stereocenters. The Hall–Kier alpha value is -0.610. The van der Waals surface area contributed by atoms with Gasteiger partial charge in [0, 0.05) is 18.6 Å². The lowest BCUT2D eigenvalue weighted by atomic mass is 10.0. The van der Waals surface area contributed by atoms with Crippen molar-refractivity contribution in [2.24, 2.45) is 0 Å². The molecule has 1 atom stereocenters. The number of likely N-dealkylation sites (tertiary alicyclic amines) is 1. The highest BCUT2D eigenvalue weighted by Crippen LogP contribution is 2.27. The molecule has 2 rings (SSSR count). The maximum Gasteiger partial charge on any atom is 0.236 e. The fourth-order valence-corrected chi connectivity index (χ4v) is 2.76. The van der Waals surface area contributed by atoms with Gasteiger partial charge in [-0.15, -0.1) is 0 Å². The molecule has 1 N–H and O–H groups in total. The molecule has 17 heavy (non-hydrogen) atoms. The quantitative estimate of drug-likeness (QED) is 0.774. The molecule has 1 saturated heterocycles. The fourth-order valence-electron chi connectivity index (χ4n) is 2.76. The summed E-state index contributed by atoms with van der Waals surface area (Å²) in [6, 6.07) is 0.704. The van der Waals surface area contributed by atoms with Gasteiger partial charge in [-0.05, 0) is 39.2 Å². The van der Waals surface area contributed by atoms with Gasteiger partial charge < -0.3 is 10.0 Å². The topological polar surface area (TPSA) is 43.8 Å². The predicted octanol–water partition coefficient (Wildman–Crippen LogP) is 0.844. The van der Waals surface area contributed by atoms with E-state index in [1.807, 2.05) is 4.90 Å². The Morgan fingerprint density at radius 1 is 1.35 bits per heavy atom. The zero-order chi connectivity index (χ0) is 12.3. The summed E-state index contributed by atoms with van der Waals surface area (Å²) in [5.74, 6) is 0.246. The number of aliphatic hydroxyl groups is 1. The van der Waals surface area contributed by atoms with Crippen molar-refractivity contribution >= 4 is 5.91 Å². The summed E-state index contributed by atoms with van der Waals surface area (Å²) in [6.45, 7) is 4.51. The first kappa shape index (κ1) is 12.8. The van der Waals surface area contributed by atoms with E-state index in [9.17, 15) is 9.90 Å². The van der Waals surface area contributed by atoms with Crippen LogP contribution in [0.4, 0.5) is 0 Å². The molecule has 1 aliphatic heterocycles. The van der Waals surface area contributed by atoms with E-state index in [1.54, 1.807) is 0 Å². The van der Waals surface area contributed by atoms with E-state index in [1.165, 1.54) is 19.3 Å². The fraction of sp³-hybridized carbons (Fsp3) is 0.923. The first-order valence-corrected chi connectivity index (χ1v) is 6.90. The molecular formula is C13H24N2O2. The van der Waals surface area contributed by atoms with Crippen LogP contribution in [0.5, 0.6) is 0 Å². The minimum absolute atomic E-state index is 0.183. The van der Waals surface area contributed by atoms with Crippen molar-refractivity contribution in [1.29, 1.82) is 0 Å². The van der Waals surface area contributed by atoms with Crippen LogP contribution in [0.2, 0.25) is 0 Å². The highest BCUT2D eigenvalue weighted by Gasteiger charge is 2.33. The molecule has 2 aliphatic rings. The standard InChI is InChI=1S/C13H24N2O2/c1-2-15(11-6-7-11)13(17)9-14-8-4-3-5-12(14)10-16/h11-12,16H,2-10H2,1H3. The summed E-state index contributed by atoms with van der Waals surface area (Å²) in [5, 5.41) is 9.33. The third-order valence-corrected chi connectivity index (χ3v) is 3.95. The number of hydrogen-bond donors (Lipinski definition) is 1. The second kappa shape index (κ2) is 5.83. The minimum Gasteiger partial charge on any atom is -0.395 e. The van der Waals surface area contributed by atoms with Gasteiger partial charge >= 0.3 is 0 Å². The van der Waals surface area contributed by atoms with Crippen molar-refractivity contribution in [3.05, 3.63) is 0 Å². The first-order valence-electron chi connectivity index (χ1n) is 6.90. The Kier molecular flexibility index (Phi) is 4.40. The Morgan fingerprint density at radius 2 is 2.12 bits per heavy atom. The third-order valence-electron chi connectivity index (χ3n) is 3.95. The zero-order valence-corrected chi connectivity index (χ0v) is 10.8. The number of amides is 1. The molecule has 1 saturated carbocycles. The van der Waals surface area contributed by atoms with Gasteiger partial charge in [-0.3, -0.25) is 9.69 Å². The van der Waals surface area contributed by atoms with Crippen LogP contribution in [0, 0.1) is 0 Å². The number of aliphatic hydroxyl groups excluding tert-OH is 1. The van der Waals surface area contributed by atoms with Gasteiger partial charge in [-0.25, -0.2) is 0 Å². The maximum absolute atomic E-state index is 12.2. The molecule has 98 valence electrons. The van der Waals surface area contributed by atoms with Gasteiger partial charge in [-0.1, -0.05) is 6.42 Å². The molecule has 1 aliphatic carbocycles. The van der Waals surface area contributed by atoms with Crippen LogP contribution in [0.3, 0.4) is 0 Å². The molecular weight excluding hydrogens is 216 g/mol. The molecule has 0 aromatic rings. The number of likely N-dealkylation sites (N-methyl/N-ethyl adjacent to an activating group) is 1. The van der Waals surface area contributed by atoms with Crippen LogP contribution in [-0.4, -0.2) is 59.1 Å². The second-order valence-corrected chi connectivity index (χ2v) is 5.21. The van der Waals surface area contributed by atoms with E-state index >= 15 is 0 Å². The van der Waals surface area contributed by atoms with Crippen molar-refractivity contribution in [2.75, 3.05) is 26.2 Å². The van der Waals surface area contributed by atoms with E-state index < -0.39 is 0 Å². The van der Waals surface area contributed by atoms with Gasteiger partial charge in [0.25, 0.3) is 0 Å². The number of hydrogen-bond acceptors (Lipinski definition) is 3. The average molecular weight is 240 g/mol. The molecule has 0 bridgehead atoms. The maximum atomic E-state index is 12.2. The van der Waals surface area contributed by atoms with Crippen LogP contribution in [-0.2, 0) is 4.79 Å². The zero-order valence-electron chi connectivity index (χ0n) is 10.8. The molecule has 4 heteroatoms. The van der Waals surface area contributed by atoms with Crippen molar-refractivity contribution in [3.63, 3.8) is 0 Å². The molecule has 0 aromatic heterocycles. The Balaban J connectivity index is 1.87. The predicted molar refractivity (Wildman–Crippen MR) is 66.7 cm³/mol. The van der Waals surface area contributed by atoms with Gasteiger partial charge in [0.15, 0.2) is 0 Å². The lowest BCUT2D eigenvalue weighted by Crippen LogP contribution is -2.48. The molecule has 0 spiro atoms. The Labute approximate surface area is 104 Å². The van der Waals surface area contributed by atoms with Gasteiger partial charge in [-0.2, -0.15) is 0 Å². The van der Waals surface area contributed by atoms with Gasteiger partial charge in [0.1, 0.15) is 0 Å². The van der Waals surface area contributed by atoms with Crippen molar-refractivity contribution in [1.82, 2.24) is 9.80 Å². The molecule has 1 heterocycles. The van der Waals surface area contributed by atoms with E-state index in [-0.39, 0.29) is 18.6 Å². The van der Waals surface area contributed by atoms with Gasteiger partial charge in [0.2, 0.25) is 5.91 Å². The normalized spacial score (nSPS) is 25.9. The molecule has 2 fully saturated rings. The van der Waals surface area contributed by atoms with E-state index in [2.05, 4.69) is 11.8 Å². The smallest absolute Gasteiger partial charge is 0.236 e. The first-order chi connectivity index (χ1) is 8.26. The van der Waals surface area contributed by atoms with Crippen LogP contribution in [0.1, 0.15) is 39.0 Å². The van der Waals surface area contributed by atoms with Crippen molar-refractivity contribution < 1.29 is 9.90 Å².